The van der Waals surface area contributed by atoms with E-state index >= 15 is 0 Å². The van der Waals surface area contributed by atoms with Crippen LogP contribution in [0.1, 0.15) is 33.6 Å². The van der Waals surface area contributed by atoms with E-state index in [4.69, 9.17) is 9.84 Å². The number of carbonyl (C=O) groups excluding carboxylic acids is 1. The molecular formula is C11H21NO4. The molecule has 1 atom stereocenters. The van der Waals surface area contributed by atoms with Gasteiger partial charge in [-0.1, -0.05) is 13.8 Å². The Kier molecular flexibility index (Phi) is 7.33. The van der Waals surface area contributed by atoms with E-state index in [1.165, 1.54) is 4.90 Å². The monoisotopic (exact) mass is 231 g/mol. The Bertz CT molecular complexity index is 230. The van der Waals surface area contributed by atoms with Crippen LogP contribution in [0.15, 0.2) is 0 Å². The molecule has 0 saturated carbocycles. The second-order valence-corrected chi connectivity index (χ2v) is 3.32. The standard InChI is InChI=1S/C9H15NO4.C2H6/c1-2-14-9(13)10-5-3-4-7(6-10)8(11)12;1-2/h7H,2-6H2,1H3,(H,11,12);1-2H3. The summed E-state index contributed by atoms with van der Waals surface area (Å²) in [5.74, 6) is -1.27. The fourth-order valence-corrected chi connectivity index (χ4v) is 1.56. The minimum Gasteiger partial charge on any atom is -0.481 e. The number of piperidine rings is 1. The highest BCUT2D eigenvalue weighted by Crippen LogP contribution is 2.17. The SMILES string of the molecule is CC.CCOC(=O)N1CCCC(C(=O)O)C1. The van der Waals surface area contributed by atoms with Crippen LogP contribution in [0, 0.1) is 5.92 Å². The lowest BCUT2D eigenvalue weighted by Crippen LogP contribution is -2.42. The predicted molar refractivity (Wildman–Crippen MR) is 60.3 cm³/mol. The lowest BCUT2D eigenvalue weighted by molar-refractivity contribution is -0.143. The first-order valence-corrected chi connectivity index (χ1v) is 5.79. The molecule has 0 aromatic carbocycles. The lowest BCUT2D eigenvalue weighted by atomic mass is 9.99. The summed E-state index contributed by atoms with van der Waals surface area (Å²) in [5, 5.41) is 8.79. The van der Waals surface area contributed by atoms with E-state index in [-0.39, 0.29) is 6.54 Å². The third kappa shape index (κ3) is 4.51. The fraction of sp³-hybridized carbons (Fsp3) is 0.818. The average molecular weight is 231 g/mol. The van der Waals surface area contributed by atoms with Crippen molar-refractivity contribution in [3.63, 3.8) is 0 Å². The van der Waals surface area contributed by atoms with E-state index in [1.807, 2.05) is 13.8 Å². The molecule has 1 aliphatic rings. The number of likely N-dealkylation sites (tertiary alicyclic amines) is 1. The molecule has 1 N–H and O–H groups in total. The normalized spacial score (nSPS) is 19.4. The highest BCUT2D eigenvalue weighted by atomic mass is 16.6. The number of carbonyl (C=O) groups is 2. The number of hydrogen-bond donors (Lipinski definition) is 1. The van der Waals surface area contributed by atoms with E-state index in [9.17, 15) is 9.59 Å². The molecule has 1 unspecified atom stereocenters. The van der Waals surface area contributed by atoms with Crippen LogP contribution in [0.3, 0.4) is 0 Å². The summed E-state index contributed by atoms with van der Waals surface area (Å²) in [6, 6.07) is 0. The van der Waals surface area contributed by atoms with Crippen LogP contribution >= 0.6 is 0 Å². The van der Waals surface area contributed by atoms with Crippen molar-refractivity contribution < 1.29 is 19.4 Å². The topological polar surface area (TPSA) is 66.8 Å². The van der Waals surface area contributed by atoms with Crippen molar-refractivity contribution in [1.82, 2.24) is 4.90 Å². The van der Waals surface area contributed by atoms with Crippen molar-refractivity contribution in [3.05, 3.63) is 0 Å². The third-order valence-corrected chi connectivity index (χ3v) is 2.30. The predicted octanol–water partition coefficient (Wildman–Crippen LogP) is 1.97. The Hall–Kier alpha value is -1.26. The van der Waals surface area contributed by atoms with Crippen LogP contribution in [0.4, 0.5) is 4.79 Å². The Balaban J connectivity index is 0.00000106. The van der Waals surface area contributed by atoms with Gasteiger partial charge in [0.25, 0.3) is 0 Å². The minimum absolute atomic E-state index is 0.272. The summed E-state index contributed by atoms with van der Waals surface area (Å²) in [6.07, 6.45) is 0.972. The zero-order chi connectivity index (χ0) is 12.6. The Morgan fingerprint density at radius 1 is 1.44 bits per heavy atom. The summed E-state index contributed by atoms with van der Waals surface area (Å²) in [4.78, 5) is 23.4. The second-order valence-electron chi connectivity index (χ2n) is 3.32. The molecule has 1 aliphatic heterocycles. The van der Waals surface area contributed by atoms with Gasteiger partial charge in [0.2, 0.25) is 0 Å². The molecule has 0 aromatic heterocycles. The van der Waals surface area contributed by atoms with Gasteiger partial charge in [-0.25, -0.2) is 4.79 Å². The molecule has 0 spiro atoms. The second kappa shape index (κ2) is 7.96. The van der Waals surface area contributed by atoms with Gasteiger partial charge in [0.1, 0.15) is 0 Å². The molecule has 1 amide bonds. The van der Waals surface area contributed by atoms with Gasteiger partial charge in [-0.05, 0) is 19.8 Å². The van der Waals surface area contributed by atoms with E-state index in [2.05, 4.69) is 0 Å². The van der Waals surface area contributed by atoms with Gasteiger partial charge in [-0.2, -0.15) is 0 Å². The van der Waals surface area contributed by atoms with Gasteiger partial charge in [0, 0.05) is 13.1 Å². The Labute approximate surface area is 96.4 Å². The summed E-state index contributed by atoms with van der Waals surface area (Å²) in [7, 11) is 0. The first-order valence-electron chi connectivity index (χ1n) is 5.79. The van der Waals surface area contributed by atoms with E-state index in [1.54, 1.807) is 6.92 Å². The number of carboxylic acids is 1. The van der Waals surface area contributed by atoms with Gasteiger partial charge in [-0.15, -0.1) is 0 Å². The minimum atomic E-state index is -0.834. The van der Waals surface area contributed by atoms with Crippen molar-refractivity contribution >= 4 is 12.1 Å². The first-order chi connectivity index (χ1) is 7.65. The van der Waals surface area contributed by atoms with Crippen molar-refractivity contribution in [1.29, 1.82) is 0 Å². The lowest BCUT2D eigenvalue weighted by Gasteiger charge is -2.29. The zero-order valence-electron chi connectivity index (χ0n) is 10.2. The molecule has 0 aliphatic carbocycles. The van der Waals surface area contributed by atoms with Gasteiger partial charge in [0.05, 0.1) is 12.5 Å². The van der Waals surface area contributed by atoms with Gasteiger partial charge in [0.15, 0.2) is 0 Å². The van der Waals surface area contributed by atoms with Gasteiger partial charge < -0.3 is 14.7 Å². The van der Waals surface area contributed by atoms with Crippen LogP contribution in [0.5, 0.6) is 0 Å². The molecular weight excluding hydrogens is 210 g/mol. The van der Waals surface area contributed by atoms with Crippen molar-refractivity contribution in [2.75, 3.05) is 19.7 Å². The van der Waals surface area contributed by atoms with Crippen molar-refractivity contribution in [3.8, 4) is 0 Å². The number of aliphatic carboxylic acids is 1. The van der Waals surface area contributed by atoms with E-state index in [0.717, 1.165) is 6.42 Å². The quantitative estimate of drug-likeness (QED) is 0.789. The number of amides is 1. The number of carboxylic acid groups (broad SMARTS) is 1. The Morgan fingerprint density at radius 3 is 2.56 bits per heavy atom. The summed E-state index contributed by atoms with van der Waals surface area (Å²) < 4.78 is 4.80. The highest BCUT2D eigenvalue weighted by molar-refractivity contribution is 5.73. The average Bonchev–Trinajstić information content (AvgIpc) is 2.32. The van der Waals surface area contributed by atoms with Crippen molar-refractivity contribution in [2.45, 2.75) is 33.6 Å². The number of hydrogen-bond acceptors (Lipinski definition) is 3. The molecule has 5 heteroatoms. The molecule has 1 saturated heterocycles. The largest absolute Gasteiger partial charge is 0.481 e. The maximum absolute atomic E-state index is 11.3. The molecule has 16 heavy (non-hydrogen) atoms. The molecule has 94 valence electrons. The number of nitrogens with zero attached hydrogens (tertiary/aromatic N) is 1. The Morgan fingerprint density at radius 2 is 2.06 bits per heavy atom. The molecule has 5 nitrogen and oxygen atoms in total. The molecule has 0 aromatic rings. The third-order valence-electron chi connectivity index (χ3n) is 2.30. The van der Waals surface area contributed by atoms with Crippen molar-refractivity contribution in [2.24, 2.45) is 5.92 Å². The van der Waals surface area contributed by atoms with Crippen LogP contribution in [0.2, 0.25) is 0 Å². The van der Waals surface area contributed by atoms with E-state index < -0.39 is 18.0 Å². The van der Waals surface area contributed by atoms with Crippen LogP contribution in [-0.2, 0) is 9.53 Å². The molecule has 1 heterocycles. The molecule has 0 radical (unpaired) electrons. The number of rotatable bonds is 2. The molecule has 1 rings (SSSR count). The maximum atomic E-state index is 11.3. The highest BCUT2D eigenvalue weighted by Gasteiger charge is 2.28. The summed E-state index contributed by atoms with van der Waals surface area (Å²) >= 11 is 0. The zero-order valence-corrected chi connectivity index (χ0v) is 10.2. The van der Waals surface area contributed by atoms with Gasteiger partial charge >= 0.3 is 12.1 Å². The van der Waals surface area contributed by atoms with Crippen LogP contribution in [0.25, 0.3) is 0 Å². The summed E-state index contributed by atoms with van der Waals surface area (Å²) in [6.45, 7) is 6.93. The van der Waals surface area contributed by atoms with Crippen LogP contribution < -0.4 is 0 Å². The first kappa shape index (κ1) is 14.7. The summed E-state index contributed by atoms with van der Waals surface area (Å²) in [5.41, 5.74) is 0. The van der Waals surface area contributed by atoms with Gasteiger partial charge in [-0.3, -0.25) is 4.79 Å². The maximum Gasteiger partial charge on any atom is 0.409 e. The fourth-order valence-electron chi connectivity index (χ4n) is 1.56. The molecule has 1 fully saturated rings. The molecule has 0 bridgehead atoms. The number of ether oxygens (including phenoxy) is 1. The smallest absolute Gasteiger partial charge is 0.409 e. The van der Waals surface area contributed by atoms with Crippen LogP contribution in [-0.4, -0.2) is 41.8 Å². The van der Waals surface area contributed by atoms with E-state index in [0.29, 0.717) is 19.6 Å².